The molecule has 3 heterocycles. The summed E-state index contributed by atoms with van der Waals surface area (Å²) < 4.78 is 32.6. The SMILES string of the molecule is Cc1nc(-c2ccc(C(=O)N3CCN(S(=O)(=O)c4ccc5ccccc5n4)CC3)cc2)no1. The van der Waals surface area contributed by atoms with E-state index in [2.05, 4.69) is 15.1 Å². The molecule has 0 aliphatic carbocycles. The van der Waals surface area contributed by atoms with Gasteiger partial charge in [0.25, 0.3) is 15.9 Å². The minimum Gasteiger partial charge on any atom is -0.339 e. The van der Waals surface area contributed by atoms with Crippen LogP contribution in [-0.2, 0) is 10.0 Å². The van der Waals surface area contributed by atoms with Crippen LogP contribution < -0.4 is 0 Å². The highest BCUT2D eigenvalue weighted by atomic mass is 32.2. The van der Waals surface area contributed by atoms with Gasteiger partial charge >= 0.3 is 0 Å². The minimum absolute atomic E-state index is 0.0215. The molecule has 0 atom stereocenters. The third kappa shape index (κ3) is 4.10. The smallest absolute Gasteiger partial charge is 0.260 e. The van der Waals surface area contributed by atoms with Crippen molar-refractivity contribution >= 4 is 26.8 Å². The van der Waals surface area contributed by atoms with E-state index in [0.29, 0.717) is 35.9 Å². The van der Waals surface area contributed by atoms with Gasteiger partial charge in [0, 0.05) is 49.6 Å². The minimum atomic E-state index is -3.74. The lowest BCUT2D eigenvalue weighted by Crippen LogP contribution is -2.50. The van der Waals surface area contributed by atoms with Gasteiger partial charge in [0.2, 0.25) is 11.7 Å². The highest BCUT2D eigenvalue weighted by molar-refractivity contribution is 7.89. The van der Waals surface area contributed by atoms with Crippen LogP contribution in [0.15, 0.2) is 70.2 Å². The third-order valence-electron chi connectivity index (χ3n) is 5.62. The normalized spacial score (nSPS) is 15.1. The number of piperazine rings is 1. The molecular formula is C23H21N5O4S. The fourth-order valence-electron chi connectivity index (χ4n) is 3.82. The van der Waals surface area contributed by atoms with E-state index in [0.717, 1.165) is 10.9 Å². The van der Waals surface area contributed by atoms with E-state index >= 15 is 0 Å². The van der Waals surface area contributed by atoms with Crippen molar-refractivity contribution in [3.05, 3.63) is 72.1 Å². The molecule has 0 N–H and O–H groups in total. The highest BCUT2D eigenvalue weighted by Crippen LogP contribution is 2.21. The first-order valence-corrected chi connectivity index (χ1v) is 11.9. The first-order valence-electron chi connectivity index (χ1n) is 10.5. The molecule has 1 saturated heterocycles. The number of hydrogen-bond acceptors (Lipinski definition) is 7. The summed E-state index contributed by atoms with van der Waals surface area (Å²) >= 11 is 0. The van der Waals surface area contributed by atoms with E-state index < -0.39 is 10.0 Å². The second kappa shape index (κ2) is 8.38. The van der Waals surface area contributed by atoms with E-state index in [9.17, 15) is 13.2 Å². The maximum atomic E-state index is 13.1. The van der Waals surface area contributed by atoms with Gasteiger partial charge in [0.1, 0.15) is 0 Å². The Hall–Kier alpha value is -3.63. The Labute approximate surface area is 190 Å². The number of para-hydroxylation sites is 1. The van der Waals surface area contributed by atoms with Crippen LogP contribution in [0.5, 0.6) is 0 Å². The number of sulfonamides is 1. The van der Waals surface area contributed by atoms with Crippen LogP contribution in [0.3, 0.4) is 0 Å². The number of nitrogens with zero attached hydrogens (tertiary/aromatic N) is 5. The molecular weight excluding hydrogens is 442 g/mol. The largest absolute Gasteiger partial charge is 0.339 e. The molecule has 2 aromatic carbocycles. The number of rotatable bonds is 4. The summed E-state index contributed by atoms with van der Waals surface area (Å²) in [4.78, 5) is 23.1. The highest BCUT2D eigenvalue weighted by Gasteiger charge is 2.31. The van der Waals surface area contributed by atoms with Gasteiger partial charge in [-0.15, -0.1) is 0 Å². The van der Waals surface area contributed by atoms with Crippen LogP contribution in [-0.4, -0.2) is 64.8 Å². The van der Waals surface area contributed by atoms with E-state index in [1.54, 1.807) is 48.2 Å². The van der Waals surface area contributed by atoms with Crippen LogP contribution in [0.2, 0.25) is 0 Å². The van der Waals surface area contributed by atoms with Crippen molar-refractivity contribution in [3.63, 3.8) is 0 Å². The number of pyridine rings is 1. The zero-order chi connectivity index (χ0) is 23.0. The Kier molecular flexibility index (Phi) is 5.39. The number of hydrogen-bond donors (Lipinski definition) is 0. The molecule has 0 spiro atoms. The number of aryl methyl sites for hydroxylation is 1. The average Bonchev–Trinajstić information content (AvgIpc) is 3.29. The van der Waals surface area contributed by atoms with E-state index in [1.165, 1.54) is 10.4 Å². The quantitative estimate of drug-likeness (QED) is 0.458. The fourth-order valence-corrected chi connectivity index (χ4v) is 5.18. The first-order chi connectivity index (χ1) is 15.9. The molecule has 0 bridgehead atoms. The van der Waals surface area contributed by atoms with Crippen LogP contribution >= 0.6 is 0 Å². The molecule has 168 valence electrons. The zero-order valence-corrected chi connectivity index (χ0v) is 18.7. The van der Waals surface area contributed by atoms with Crippen LogP contribution in [0.1, 0.15) is 16.2 Å². The Morgan fingerprint density at radius 3 is 2.33 bits per heavy atom. The molecule has 1 aliphatic rings. The molecule has 0 radical (unpaired) electrons. The number of carbonyl (C=O) groups excluding carboxylic acids is 1. The van der Waals surface area contributed by atoms with Gasteiger partial charge in [-0.25, -0.2) is 13.4 Å². The van der Waals surface area contributed by atoms with Gasteiger partial charge in [-0.05, 0) is 30.3 Å². The Bertz CT molecular complexity index is 1420. The maximum Gasteiger partial charge on any atom is 0.260 e. The van der Waals surface area contributed by atoms with Gasteiger partial charge in [-0.1, -0.05) is 35.5 Å². The lowest BCUT2D eigenvalue weighted by molar-refractivity contribution is 0.0698. The second-order valence-electron chi connectivity index (χ2n) is 7.75. The summed E-state index contributed by atoms with van der Waals surface area (Å²) in [5.74, 6) is 0.788. The Balaban J connectivity index is 1.26. The molecule has 4 aromatic rings. The summed E-state index contributed by atoms with van der Waals surface area (Å²) in [5.41, 5.74) is 1.90. The molecule has 1 amide bonds. The zero-order valence-electron chi connectivity index (χ0n) is 17.9. The lowest BCUT2D eigenvalue weighted by Gasteiger charge is -2.33. The fraction of sp³-hybridized carbons (Fsp3) is 0.217. The summed E-state index contributed by atoms with van der Waals surface area (Å²) in [6.45, 7) is 2.74. The average molecular weight is 464 g/mol. The van der Waals surface area contributed by atoms with E-state index in [1.807, 2.05) is 18.2 Å². The second-order valence-corrected chi connectivity index (χ2v) is 9.64. The monoisotopic (exact) mass is 463 g/mol. The predicted molar refractivity (Wildman–Crippen MR) is 121 cm³/mol. The summed E-state index contributed by atoms with van der Waals surface area (Å²) in [5, 5.41) is 4.78. The molecule has 33 heavy (non-hydrogen) atoms. The van der Waals surface area contributed by atoms with Crippen LogP contribution in [0, 0.1) is 6.92 Å². The van der Waals surface area contributed by atoms with Crippen LogP contribution in [0.4, 0.5) is 0 Å². The Morgan fingerprint density at radius 1 is 0.909 bits per heavy atom. The van der Waals surface area contributed by atoms with Crippen molar-refractivity contribution in [2.24, 2.45) is 0 Å². The number of fused-ring (bicyclic) bond motifs is 1. The van der Waals surface area contributed by atoms with Crippen molar-refractivity contribution in [1.29, 1.82) is 0 Å². The van der Waals surface area contributed by atoms with Crippen molar-refractivity contribution < 1.29 is 17.7 Å². The number of benzene rings is 2. The molecule has 9 nitrogen and oxygen atoms in total. The number of carbonyl (C=O) groups is 1. The summed E-state index contributed by atoms with van der Waals surface area (Å²) in [7, 11) is -3.74. The predicted octanol–water partition coefficient (Wildman–Crippen LogP) is 2.74. The van der Waals surface area contributed by atoms with Gasteiger partial charge in [-0.2, -0.15) is 9.29 Å². The van der Waals surface area contributed by atoms with Gasteiger partial charge in [0.05, 0.1) is 5.52 Å². The lowest BCUT2D eigenvalue weighted by atomic mass is 10.1. The first kappa shape index (κ1) is 21.2. The topological polar surface area (TPSA) is 110 Å². The van der Waals surface area contributed by atoms with Gasteiger partial charge in [-0.3, -0.25) is 4.79 Å². The molecule has 0 unspecified atom stereocenters. The molecule has 10 heteroatoms. The van der Waals surface area contributed by atoms with Crippen molar-refractivity contribution in [2.45, 2.75) is 11.9 Å². The van der Waals surface area contributed by atoms with Crippen LogP contribution in [0.25, 0.3) is 22.3 Å². The van der Waals surface area contributed by atoms with Crippen molar-refractivity contribution in [1.82, 2.24) is 24.3 Å². The molecule has 0 saturated carbocycles. The van der Waals surface area contributed by atoms with Gasteiger partial charge < -0.3 is 9.42 Å². The van der Waals surface area contributed by atoms with E-state index in [-0.39, 0.29) is 24.0 Å². The molecule has 1 fully saturated rings. The van der Waals surface area contributed by atoms with E-state index in [4.69, 9.17) is 4.52 Å². The van der Waals surface area contributed by atoms with Crippen molar-refractivity contribution in [3.8, 4) is 11.4 Å². The summed E-state index contributed by atoms with van der Waals surface area (Å²) in [6, 6.07) is 17.6. The number of aromatic nitrogens is 3. The number of amides is 1. The molecule has 5 rings (SSSR count). The third-order valence-corrected chi connectivity index (χ3v) is 7.42. The summed E-state index contributed by atoms with van der Waals surface area (Å²) in [6.07, 6.45) is 0. The standard InChI is InChI=1S/C23H21N5O4S/c1-16-24-22(26-32-16)18-6-8-19(9-7-18)23(29)27-12-14-28(15-13-27)33(30,31)21-11-10-17-4-2-3-5-20(17)25-21/h2-11H,12-15H2,1H3. The van der Waals surface area contributed by atoms with Gasteiger partial charge in [0.15, 0.2) is 5.03 Å². The molecule has 1 aliphatic heterocycles. The maximum absolute atomic E-state index is 13.1. The molecule has 2 aromatic heterocycles. The Morgan fingerprint density at radius 2 is 1.64 bits per heavy atom. The van der Waals surface area contributed by atoms with Crippen molar-refractivity contribution in [2.75, 3.05) is 26.2 Å².